The summed E-state index contributed by atoms with van der Waals surface area (Å²) in [5, 5.41) is 2.77. The van der Waals surface area contributed by atoms with Gasteiger partial charge < -0.3 is 5.32 Å². The Morgan fingerprint density at radius 1 is 1.13 bits per heavy atom. The van der Waals surface area contributed by atoms with Gasteiger partial charge in [-0.05, 0) is 36.2 Å². The van der Waals surface area contributed by atoms with E-state index in [1.165, 1.54) is 6.07 Å². The number of alkyl halides is 3. The Kier molecular flexibility index (Phi) is 5.71. The summed E-state index contributed by atoms with van der Waals surface area (Å²) < 4.78 is 37.9. The first-order valence-electron chi connectivity index (χ1n) is 6.97. The van der Waals surface area contributed by atoms with Gasteiger partial charge in [0, 0.05) is 11.4 Å². The highest BCUT2D eigenvalue weighted by Gasteiger charge is 2.30. The normalized spacial score (nSPS) is 11.3. The van der Waals surface area contributed by atoms with E-state index in [1.54, 1.807) is 6.07 Å². The number of amides is 1. The number of nitrogens with one attached hydrogen (secondary N) is 1. The molecule has 0 unspecified atom stereocenters. The second-order valence-corrected chi connectivity index (χ2v) is 6.07. The molecule has 6 heteroatoms. The van der Waals surface area contributed by atoms with Gasteiger partial charge in [0.05, 0.1) is 11.3 Å². The molecule has 0 heterocycles. The maximum absolute atomic E-state index is 12.6. The summed E-state index contributed by atoms with van der Waals surface area (Å²) in [6.07, 6.45) is -4.37. The number of carbonyl (C=O) groups is 1. The summed E-state index contributed by atoms with van der Waals surface area (Å²) in [7, 11) is 0. The van der Waals surface area contributed by atoms with Gasteiger partial charge in [0.25, 0.3) is 0 Å². The molecule has 0 aliphatic carbocycles. The minimum absolute atomic E-state index is 0.0766. The van der Waals surface area contributed by atoms with E-state index in [1.807, 2.05) is 31.2 Å². The lowest BCUT2D eigenvalue weighted by atomic mass is 10.1. The van der Waals surface area contributed by atoms with Gasteiger partial charge in [-0.1, -0.05) is 30.3 Å². The van der Waals surface area contributed by atoms with Crippen LogP contribution in [0.4, 0.5) is 13.2 Å². The number of aryl methyl sites for hydroxylation is 1. The van der Waals surface area contributed by atoms with Crippen LogP contribution in [-0.4, -0.2) is 11.7 Å². The molecule has 0 aliphatic heterocycles. The molecule has 0 spiro atoms. The van der Waals surface area contributed by atoms with E-state index >= 15 is 0 Å². The topological polar surface area (TPSA) is 29.1 Å². The largest absolute Gasteiger partial charge is 0.416 e. The van der Waals surface area contributed by atoms with E-state index in [9.17, 15) is 18.0 Å². The van der Waals surface area contributed by atoms with Gasteiger partial charge in [0.15, 0.2) is 0 Å². The van der Waals surface area contributed by atoms with Gasteiger partial charge in [-0.3, -0.25) is 4.79 Å². The van der Waals surface area contributed by atoms with E-state index in [0.717, 1.165) is 35.0 Å². The van der Waals surface area contributed by atoms with Crippen molar-refractivity contribution in [2.24, 2.45) is 0 Å². The molecule has 2 aromatic rings. The third-order valence-electron chi connectivity index (χ3n) is 3.27. The van der Waals surface area contributed by atoms with E-state index in [-0.39, 0.29) is 11.7 Å². The average Bonchev–Trinajstić information content (AvgIpc) is 2.51. The van der Waals surface area contributed by atoms with Crippen LogP contribution < -0.4 is 5.32 Å². The Labute approximate surface area is 137 Å². The molecule has 0 saturated heterocycles. The molecular formula is C17H16F3NOS. The Morgan fingerprint density at radius 2 is 1.87 bits per heavy atom. The molecule has 0 fully saturated rings. The molecule has 122 valence electrons. The number of rotatable bonds is 5. The van der Waals surface area contributed by atoms with Crippen LogP contribution in [0.2, 0.25) is 0 Å². The van der Waals surface area contributed by atoms with Crippen LogP contribution in [0.15, 0.2) is 53.4 Å². The molecule has 2 aromatic carbocycles. The van der Waals surface area contributed by atoms with E-state index in [0.29, 0.717) is 11.4 Å². The number of hydrogen-bond donors (Lipinski definition) is 1. The van der Waals surface area contributed by atoms with Crippen LogP contribution in [0.25, 0.3) is 0 Å². The molecule has 0 aromatic heterocycles. The molecule has 1 N–H and O–H groups in total. The van der Waals surface area contributed by atoms with Gasteiger partial charge >= 0.3 is 6.18 Å². The maximum atomic E-state index is 12.6. The predicted octanol–water partition coefficient (Wildman–Crippen LogP) is 4.42. The van der Waals surface area contributed by atoms with Crippen LogP contribution in [-0.2, 0) is 17.5 Å². The van der Waals surface area contributed by atoms with Gasteiger partial charge in [0.1, 0.15) is 0 Å². The highest BCUT2D eigenvalue weighted by molar-refractivity contribution is 8.00. The van der Waals surface area contributed by atoms with Crippen LogP contribution in [0, 0.1) is 6.92 Å². The summed E-state index contributed by atoms with van der Waals surface area (Å²) >= 11 is 1.09. The number of thioether (sulfide) groups is 1. The monoisotopic (exact) mass is 339 g/mol. The number of carbonyl (C=O) groups excluding carboxylic acids is 1. The maximum Gasteiger partial charge on any atom is 0.416 e. The van der Waals surface area contributed by atoms with Crippen molar-refractivity contribution >= 4 is 17.7 Å². The third kappa shape index (κ3) is 5.32. The zero-order valence-electron chi connectivity index (χ0n) is 12.5. The van der Waals surface area contributed by atoms with Gasteiger partial charge in [-0.25, -0.2) is 0 Å². The van der Waals surface area contributed by atoms with E-state index in [4.69, 9.17) is 0 Å². The van der Waals surface area contributed by atoms with Crippen molar-refractivity contribution in [2.75, 3.05) is 5.75 Å². The lowest BCUT2D eigenvalue weighted by Crippen LogP contribution is -2.24. The molecular weight excluding hydrogens is 323 g/mol. The van der Waals surface area contributed by atoms with Gasteiger partial charge in [-0.15, -0.1) is 11.8 Å². The Morgan fingerprint density at radius 3 is 2.57 bits per heavy atom. The lowest BCUT2D eigenvalue weighted by Gasteiger charge is -2.09. The number of halogens is 3. The fourth-order valence-corrected chi connectivity index (χ4v) is 2.75. The minimum Gasteiger partial charge on any atom is -0.351 e. The Bertz CT molecular complexity index is 686. The van der Waals surface area contributed by atoms with Crippen LogP contribution in [0.5, 0.6) is 0 Å². The number of hydrogen-bond acceptors (Lipinski definition) is 2. The van der Waals surface area contributed by atoms with Gasteiger partial charge in [-0.2, -0.15) is 13.2 Å². The average molecular weight is 339 g/mol. The smallest absolute Gasteiger partial charge is 0.351 e. The summed E-state index contributed by atoms with van der Waals surface area (Å²) in [6, 6.07) is 12.7. The quantitative estimate of drug-likeness (QED) is 0.817. The van der Waals surface area contributed by atoms with Crippen molar-refractivity contribution < 1.29 is 18.0 Å². The predicted molar refractivity (Wildman–Crippen MR) is 85.2 cm³/mol. The first-order valence-corrected chi connectivity index (χ1v) is 7.96. The summed E-state index contributed by atoms with van der Waals surface area (Å²) in [5.41, 5.74) is 1.39. The van der Waals surface area contributed by atoms with Crippen LogP contribution in [0.3, 0.4) is 0 Å². The molecule has 0 saturated carbocycles. The summed E-state index contributed by atoms with van der Waals surface area (Å²) in [6.45, 7) is 2.37. The molecule has 23 heavy (non-hydrogen) atoms. The van der Waals surface area contributed by atoms with Crippen LogP contribution in [0.1, 0.15) is 16.7 Å². The SMILES string of the molecule is Cc1ccccc1CNC(=O)CSc1cccc(C(F)(F)F)c1. The molecule has 2 rings (SSSR count). The van der Waals surface area contributed by atoms with Crippen molar-refractivity contribution in [1.82, 2.24) is 5.32 Å². The molecule has 0 radical (unpaired) electrons. The zero-order valence-corrected chi connectivity index (χ0v) is 13.3. The standard InChI is InChI=1S/C17H16F3NOS/c1-12-5-2-3-6-13(12)10-21-16(22)11-23-15-8-4-7-14(9-15)17(18,19)20/h2-9H,10-11H2,1H3,(H,21,22). The first kappa shape index (κ1) is 17.4. The van der Waals surface area contributed by atoms with Crippen LogP contribution >= 0.6 is 11.8 Å². The summed E-state index contributed by atoms with van der Waals surface area (Å²) in [4.78, 5) is 12.3. The van der Waals surface area contributed by atoms with Crippen molar-refractivity contribution in [1.29, 1.82) is 0 Å². The van der Waals surface area contributed by atoms with E-state index < -0.39 is 11.7 Å². The van der Waals surface area contributed by atoms with Crippen molar-refractivity contribution in [3.8, 4) is 0 Å². The zero-order chi connectivity index (χ0) is 16.9. The van der Waals surface area contributed by atoms with Gasteiger partial charge in [0.2, 0.25) is 5.91 Å². The van der Waals surface area contributed by atoms with Crippen molar-refractivity contribution in [3.05, 3.63) is 65.2 Å². The van der Waals surface area contributed by atoms with E-state index in [2.05, 4.69) is 5.32 Å². The third-order valence-corrected chi connectivity index (χ3v) is 4.26. The summed E-state index contributed by atoms with van der Waals surface area (Å²) in [5.74, 6) is -0.136. The molecule has 0 aliphatic rings. The second kappa shape index (κ2) is 7.55. The molecule has 2 nitrogen and oxygen atoms in total. The molecule has 0 bridgehead atoms. The molecule has 0 atom stereocenters. The second-order valence-electron chi connectivity index (χ2n) is 5.02. The fraction of sp³-hybridized carbons (Fsp3) is 0.235. The van der Waals surface area contributed by atoms with Crippen molar-refractivity contribution in [2.45, 2.75) is 24.5 Å². The van der Waals surface area contributed by atoms with Crippen molar-refractivity contribution in [3.63, 3.8) is 0 Å². The highest BCUT2D eigenvalue weighted by atomic mass is 32.2. The Balaban J connectivity index is 1.86. The number of benzene rings is 2. The first-order chi connectivity index (χ1) is 10.9. The highest BCUT2D eigenvalue weighted by Crippen LogP contribution is 2.31. The Hall–Kier alpha value is -1.95. The fourth-order valence-electron chi connectivity index (χ4n) is 1.96. The minimum atomic E-state index is -4.37. The lowest BCUT2D eigenvalue weighted by molar-refractivity contribution is -0.137. The molecule has 1 amide bonds.